The van der Waals surface area contributed by atoms with Gasteiger partial charge in [-0.25, -0.2) is 8.42 Å². The number of ether oxygens (including phenoxy) is 1. The van der Waals surface area contributed by atoms with Gasteiger partial charge in [0.05, 0.1) is 23.2 Å². The first-order valence-electron chi connectivity index (χ1n) is 11.5. The van der Waals surface area contributed by atoms with Crippen molar-refractivity contribution in [3.63, 3.8) is 0 Å². The smallest absolute Gasteiger partial charge is 0.244 e. The van der Waals surface area contributed by atoms with E-state index in [1.807, 2.05) is 36.4 Å². The second kappa shape index (κ2) is 11.3. The Morgan fingerprint density at radius 1 is 1.00 bits per heavy atom. The molecule has 35 heavy (non-hydrogen) atoms. The second-order valence-corrected chi connectivity index (χ2v) is 11.0. The van der Waals surface area contributed by atoms with Crippen LogP contribution in [0.5, 0.6) is 0 Å². The number of nitriles is 1. The summed E-state index contributed by atoms with van der Waals surface area (Å²) < 4.78 is 34.1. The molecule has 0 bridgehead atoms. The summed E-state index contributed by atoms with van der Waals surface area (Å²) in [7, 11) is -3.73. The average Bonchev–Trinajstić information content (AvgIpc) is 2.87. The Kier molecular flexibility index (Phi) is 8.22. The van der Waals surface area contributed by atoms with E-state index in [-0.39, 0.29) is 16.6 Å². The van der Waals surface area contributed by atoms with Gasteiger partial charge in [0, 0.05) is 37.7 Å². The van der Waals surface area contributed by atoms with Crippen LogP contribution in [-0.4, -0.2) is 50.3 Å². The molecule has 0 radical (unpaired) electrons. The third-order valence-electron chi connectivity index (χ3n) is 6.16. The van der Waals surface area contributed by atoms with Crippen LogP contribution in [0.25, 0.3) is 0 Å². The first-order chi connectivity index (χ1) is 16.9. The fourth-order valence-electron chi connectivity index (χ4n) is 4.24. The van der Waals surface area contributed by atoms with Gasteiger partial charge in [0.1, 0.15) is 6.07 Å². The number of benzene rings is 3. The Hall–Kier alpha value is -2.73. The molecule has 8 heteroatoms. The zero-order chi connectivity index (χ0) is 24.8. The molecule has 1 atom stereocenters. The first kappa shape index (κ1) is 25.4. The molecule has 182 valence electrons. The molecule has 1 aliphatic heterocycles. The van der Waals surface area contributed by atoms with Crippen molar-refractivity contribution < 1.29 is 13.2 Å². The molecule has 0 unspecified atom stereocenters. The van der Waals surface area contributed by atoms with E-state index in [2.05, 4.69) is 30.0 Å². The predicted octanol–water partition coefficient (Wildman–Crippen LogP) is 4.78. The maximum absolute atomic E-state index is 13.2. The quantitative estimate of drug-likeness (QED) is 0.436. The van der Waals surface area contributed by atoms with Crippen molar-refractivity contribution in [2.75, 3.05) is 32.7 Å². The van der Waals surface area contributed by atoms with Gasteiger partial charge in [-0.3, -0.25) is 4.90 Å². The van der Waals surface area contributed by atoms with Crippen LogP contribution >= 0.6 is 11.6 Å². The maximum Gasteiger partial charge on any atom is 0.244 e. The monoisotopic (exact) mass is 509 g/mol. The summed E-state index contributed by atoms with van der Waals surface area (Å²) in [6.07, 6.45) is -0.185. The first-order valence-corrected chi connectivity index (χ1v) is 13.3. The molecule has 0 N–H and O–H groups in total. The Bertz CT molecular complexity index is 1300. The van der Waals surface area contributed by atoms with E-state index in [9.17, 15) is 13.7 Å². The lowest BCUT2D eigenvalue weighted by Crippen LogP contribution is -2.49. The van der Waals surface area contributed by atoms with Crippen molar-refractivity contribution in [2.45, 2.75) is 24.5 Å². The second-order valence-electron chi connectivity index (χ2n) is 8.65. The van der Waals surface area contributed by atoms with Gasteiger partial charge in [0.2, 0.25) is 10.0 Å². The number of rotatable bonds is 8. The van der Waals surface area contributed by atoms with Gasteiger partial charge < -0.3 is 4.74 Å². The topological polar surface area (TPSA) is 73.6 Å². The van der Waals surface area contributed by atoms with Gasteiger partial charge in [-0.15, -0.1) is 0 Å². The Labute approximate surface area is 212 Å². The van der Waals surface area contributed by atoms with Crippen molar-refractivity contribution >= 4 is 21.6 Å². The summed E-state index contributed by atoms with van der Waals surface area (Å²) in [6, 6.07) is 24.2. The predicted molar refractivity (Wildman–Crippen MR) is 137 cm³/mol. The van der Waals surface area contributed by atoms with E-state index in [1.54, 1.807) is 12.1 Å². The van der Waals surface area contributed by atoms with Crippen LogP contribution in [0, 0.1) is 18.3 Å². The summed E-state index contributed by atoms with van der Waals surface area (Å²) in [5.74, 6) is 0. The number of halogens is 1. The number of nitrogens with zero attached hydrogens (tertiary/aromatic N) is 3. The molecule has 1 aliphatic rings. The molecule has 0 aliphatic carbocycles. The fourth-order valence-corrected chi connectivity index (χ4v) is 5.93. The number of aryl methyl sites for hydroxylation is 1. The molecule has 1 saturated heterocycles. The van der Waals surface area contributed by atoms with Crippen LogP contribution in [0.1, 0.15) is 28.4 Å². The van der Waals surface area contributed by atoms with Gasteiger partial charge in [-0.05, 0) is 42.3 Å². The highest BCUT2D eigenvalue weighted by atomic mass is 35.5. The van der Waals surface area contributed by atoms with Gasteiger partial charge in [-0.1, -0.05) is 65.7 Å². The Morgan fingerprint density at radius 2 is 1.71 bits per heavy atom. The number of sulfonamides is 1. The maximum atomic E-state index is 13.2. The van der Waals surface area contributed by atoms with Gasteiger partial charge >= 0.3 is 0 Å². The molecule has 3 aromatic carbocycles. The van der Waals surface area contributed by atoms with Crippen LogP contribution in [-0.2, 0) is 21.4 Å². The lowest BCUT2D eigenvalue weighted by molar-refractivity contribution is 0.00771. The third kappa shape index (κ3) is 6.29. The standard InChI is InChI=1S/C27H28ClN3O3S/c1-21-5-4-6-22(17-21)20-34-26(23-9-11-25(28)12-10-23)19-30-13-15-31(16-14-30)35(32,33)27-8-3-2-7-24(27)18-29/h2-12,17,26H,13-16,19-20H2,1H3/t26-/m1/s1. The third-order valence-corrected chi connectivity index (χ3v) is 8.36. The molecule has 1 fully saturated rings. The van der Waals surface area contributed by atoms with E-state index >= 15 is 0 Å². The van der Waals surface area contributed by atoms with E-state index < -0.39 is 10.0 Å². The molecular weight excluding hydrogens is 482 g/mol. The summed E-state index contributed by atoms with van der Waals surface area (Å²) >= 11 is 6.10. The molecule has 6 nitrogen and oxygen atoms in total. The minimum Gasteiger partial charge on any atom is -0.368 e. The van der Waals surface area contributed by atoms with Crippen LogP contribution < -0.4 is 0 Å². The van der Waals surface area contributed by atoms with Crippen LogP contribution in [0.2, 0.25) is 5.02 Å². The molecule has 0 saturated carbocycles. The molecule has 3 aromatic rings. The molecule has 0 aromatic heterocycles. The molecular formula is C27H28ClN3O3S. The zero-order valence-electron chi connectivity index (χ0n) is 19.6. The SMILES string of the molecule is Cc1cccc(CO[C@H](CN2CCN(S(=O)(=O)c3ccccc3C#N)CC2)c2ccc(Cl)cc2)c1. The summed E-state index contributed by atoms with van der Waals surface area (Å²) in [5.41, 5.74) is 3.49. The zero-order valence-corrected chi connectivity index (χ0v) is 21.2. The Balaban J connectivity index is 1.44. The molecule has 0 amide bonds. The molecule has 0 spiro atoms. The highest BCUT2D eigenvalue weighted by molar-refractivity contribution is 7.89. The highest BCUT2D eigenvalue weighted by Gasteiger charge is 2.31. The fraction of sp³-hybridized carbons (Fsp3) is 0.296. The highest BCUT2D eigenvalue weighted by Crippen LogP contribution is 2.25. The minimum absolute atomic E-state index is 0.0662. The number of hydrogen-bond acceptors (Lipinski definition) is 5. The van der Waals surface area contributed by atoms with Crippen molar-refractivity contribution in [3.05, 3.63) is 100 Å². The lowest BCUT2D eigenvalue weighted by Gasteiger charge is -2.36. The lowest BCUT2D eigenvalue weighted by atomic mass is 10.1. The average molecular weight is 510 g/mol. The minimum atomic E-state index is -3.73. The van der Waals surface area contributed by atoms with E-state index in [1.165, 1.54) is 22.0 Å². The van der Waals surface area contributed by atoms with Crippen LogP contribution in [0.15, 0.2) is 77.7 Å². The summed E-state index contributed by atoms with van der Waals surface area (Å²) in [4.78, 5) is 2.29. The van der Waals surface area contributed by atoms with Crippen molar-refractivity contribution in [1.82, 2.24) is 9.21 Å². The van der Waals surface area contributed by atoms with E-state index in [4.69, 9.17) is 16.3 Å². The number of piperazine rings is 1. The normalized spacial score (nSPS) is 16.0. The van der Waals surface area contributed by atoms with E-state index in [0.29, 0.717) is 44.4 Å². The van der Waals surface area contributed by atoms with Gasteiger partial charge in [0.25, 0.3) is 0 Å². The summed E-state index contributed by atoms with van der Waals surface area (Å²) in [6.45, 7) is 5.03. The van der Waals surface area contributed by atoms with E-state index in [0.717, 1.165) is 11.1 Å². The molecule has 1 heterocycles. The number of hydrogen-bond donors (Lipinski definition) is 0. The van der Waals surface area contributed by atoms with Crippen LogP contribution in [0.3, 0.4) is 0 Å². The summed E-state index contributed by atoms with van der Waals surface area (Å²) in [5, 5.41) is 10.0. The van der Waals surface area contributed by atoms with Crippen molar-refractivity contribution in [2.24, 2.45) is 0 Å². The van der Waals surface area contributed by atoms with Crippen molar-refractivity contribution in [3.8, 4) is 6.07 Å². The van der Waals surface area contributed by atoms with Gasteiger partial charge in [-0.2, -0.15) is 9.57 Å². The largest absolute Gasteiger partial charge is 0.368 e. The van der Waals surface area contributed by atoms with Crippen LogP contribution in [0.4, 0.5) is 0 Å². The van der Waals surface area contributed by atoms with Gasteiger partial charge in [0.15, 0.2) is 0 Å². The van der Waals surface area contributed by atoms with Crippen molar-refractivity contribution in [1.29, 1.82) is 5.26 Å². The molecule has 4 rings (SSSR count). The Morgan fingerprint density at radius 3 is 2.40 bits per heavy atom.